The van der Waals surface area contributed by atoms with E-state index in [1.165, 1.54) is 0 Å². The molecule has 0 spiro atoms. The maximum Gasteiger partial charge on any atom is 0.275 e. The fraction of sp³-hybridized carbons (Fsp3) is 0.526. The molecular weight excluding hydrogens is 330 g/mol. The number of likely N-dealkylation sites (tertiary alicyclic amines) is 1. The molecular formula is C19H25N5O2. The average Bonchev–Trinajstić information content (AvgIpc) is 2.61. The largest absolute Gasteiger partial charge is 0.334 e. The van der Waals surface area contributed by atoms with Crippen molar-refractivity contribution in [1.29, 1.82) is 0 Å². The number of amides is 1. The summed E-state index contributed by atoms with van der Waals surface area (Å²) in [4.78, 5) is 31.5. The van der Waals surface area contributed by atoms with Crippen LogP contribution >= 0.6 is 0 Å². The molecule has 138 valence electrons. The lowest BCUT2D eigenvalue weighted by atomic mass is 10.0. The van der Waals surface area contributed by atoms with Crippen LogP contribution in [0.25, 0.3) is 10.8 Å². The monoisotopic (exact) mass is 355 g/mol. The lowest BCUT2D eigenvalue weighted by Gasteiger charge is -2.48. The van der Waals surface area contributed by atoms with E-state index in [1.807, 2.05) is 11.0 Å². The van der Waals surface area contributed by atoms with E-state index in [9.17, 15) is 9.59 Å². The van der Waals surface area contributed by atoms with Crippen molar-refractivity contribution in [2.45, 2.75) is 25.9 Å². The van der Waals surface area contributed by atoms with Crippen LogP contribution in [0.15, 0.2) is 29.1 Å². The number of piperazine rings is 1. The molecule has 7 heteroatoms. The van der Waals surface area contributed by atoms with Gasteiger partial charge >= 0.3 is 0 Å². The minimum absolute atomic E-state index is 0.102. The van der Waals surface area contributed by atoms with Crippen molar-refractivity contribution in [2.75, 3.05) is 39.3 Å². The topological polar surface area (TPSA) is 72.5 Å². The Morgan fingerprint density at radius 1 is 1.12 bits per heavy atom. The summed E-state index contributed by atoms with van der Waals surface area (Å²) in [7, 11) is 0. The molecule has 2 aromatic rings. The van der Waals surface area contributed by atoms with E-state index in [0.717, 1.165) is 39.3 Å². The molecule has 7 nitrogen and oxygen atoms in total. The first-order valence-corrected chi connectivity index (χ1v) is 9.29. The molecule has 2 aliphatic heterocycles. The molecule has 1 aromatic carbocycles. The Balaban J connectivity index is 1.42. The van der Waals surface area contributed by atoms with Gasteiger partial charge in [0, 0.05) is 56.7 Å². The van der Waals surface area contributed by atoms with Crippen LogP contribution in [0, 0.1) is 0 Å². The summed E-state index contributed by atoms with van der Waals surface area (Å²) in [6.07, 6.45) is 0. The first kappa shape index (κ1) is 17.2. The number of nitrogens with zero attached hydrogens (tertiary/aromatic N) is 4. The van der Waals surface area contributed by atoms with Crippen LogP contribution in [0.2, 0.25) is 0 Å². The van der Waals surface area contributed by atoms with Gasteiger partial charge < -0.3 is 4.90 Å². The van der Waals surface area contributed by atoms with Crippen LogP contribution in [0.3, 0.4) is 0 Å². The fourth-order valence-electron chi connectivity index (χ4n) is 3.90. The van der Waals surface area contributed by atoms with Crippen molar-refractivity contribution in [3.63, 3.8) is 0 Å². The minimum Gasteiger partial charge on any atom is -0.334 e. The Labute approximate surface area is 152 Å². The zero-order chi connectivity index (χ0) is 18.3. The zero-order valence-electron chi connectivity index (χ0n) is 15.3. The third kappa shape index (κ3) is 3.01. The van der Waals surface area contributed by atoms with E-state index in [2.05, 4.69) is 33.8 Å². The molecule has 2 fully saturated rings. The number of fused-ring (bicyclic) bond motifs is 1. The highest BCUT2D eigenvalue weighted by molar-refractivity contribution is 6.05. The van der Waals surface area contributed by atoms with Gasteiger partial charge in [0.2, 0.25) is 0 Å². The van der Waals surface area contributed by atoms with Gasteiger partial charge in [0.1, 0.15) is 0 Å². The van der Waals surface area contributed by atoms with Crippen LogP contribution in [-0.4, -0.2) is 82.2 Å². The third-order valence-electron chi connectivity index (χ3n) is 5.64. The predicted octanol–water partition coefficient (Wildman–Crippen LogP) is 0.774. The Morgan fingerprint density at radius 2 is 1.77 bits per heavy atom. The summed E-state index contributed by atoms with van der Waals surface area (Å²) < 4.78 is 0. The summed E-state index contributed by atoms with van der Waals surface area (Å²) in [5.74, 6) is -0.102. The number of hydrogen-bond acceptors (Lipinski definition) is 5. The van der Waals surface area contributed by atoms with Gasteiger partial charge in [-0.2, -0.15) is 5.10 Å². The van der Waals surface area contributed by atoms with E-state index in [4.69, 9.17) is 0 Å². The van der Waals surface area contributed by atoms with Gasteiger partial charge in [-0.1, -0.05) is 18.2 Å². The van der Waals surface area contributed by atoms with E-state index in [1.54, 1.807) is 18.2 Å². The van der Waals surface area contributed by atoms with Crippen molar-refractivity contribution < 1.29 is 4.79 Å². The lowest BCUT2D eigenvalue weighted by molar-refractivity contribution is 0.00294. The number of aromatic nitrogens is 2. The number of hydrogen-bond donors (Lipinski definition) is 1. The second-order valence-electron chi connectivity index (χ2n) is 7.48. The Kier molecular flexibility index (Phi) is 4.50. The van der Waals surface area contributed by atoms with Crippen molar-refractivity contribution in [3.05, 3.63) is 40.3 Å². The number of H-pyrrole nitrogens is 1. The lowest BCUT2D eigenvalue weighted by Crippen LogP contribution is -2.64. The number of nitrogens with one attached hydrogen (secondary N) is 1. The van der Waals surface area contributed by atoms with Crippen molar-refractivity contribution in [3.8, 4) is 0 Å². The van der Waals surface area contributed by atoms with Gasteiger partial charge in [-0.3, -0.25) is 19.4 Å². The molecule has 0 saturated carbocycles. The second-order valence-corrected chi connectivity index (χ2v) is 7.48. The molecule has 3 heterocycles. The van der Waals surface area contributed by atoms with Gasteiger partial charge in [-0.25, -0.2) is 5.10 Å². The van der Waals surface area contributed by atoms with Crippen LogP contribution in [0.1, 0.15) is 24.3 Å². The van der Waals surface area contributed by atoms with Crippen LogP contribution < -0.4 is 5.56 Å². The second kappa shape index (κ2) is 6.81. The number of benzene rings is 1. The molecule has 0 unspecified atom stereocenters. The summed E-state index contributed by atoms with van der Waals surface area (Å²) >= 11 is 0. The number of carbonyl (C=O) groups is 1. The Morgan fingerprint density at radius 3 is 2.42 bits per heavy atom. The van der Waals surface area contributed by atoms with Crippen molar-refractivity contribution in [2.24, 2.45) is 0 Å². The average molecular weight is 355 g/mol. The molecule has 26 heavy (non-hydrogen) atoms. The van der Waals surface area contributed by atoms with E-state index in [-0.39, 0.29) is 11.5 Å². The van der Waals surface area contributed by atoms with E-state index in [0.29, 0.717) is 28.6 Å². The normalized spacial score (nSPS) is 19.9. The van der Waals surface area contributed by atoms with Crippen molar-refractivity contribution >= 4 is 16.7 Å². The molecule has 1 aromatic heterocycles. The Bertz CT molecular complexity index is 864. The van der Waals surface area contributed by atoms with Gasteiger partial charge in [0.15, 0.2) is 5.69 Å². The van der Waals surface area contributed by atoms with Gasteiger partial charge in [-0.05, 0) is 19.9 Å². The highest BCUT2D eigenvalue weighted by atomic mass is 16.2. The number of aromatic amines is 1. The molecule has 0 atom stereocenters. The van der Waals surface area contributed by atoms with Crippen molar-refractivity contribution in [1.82, 2.24) is 24.9 Å². The minimum atomic E-state index is -0.262. The molecule has 4 rings (SSSR count). The zero-order valence-corrected chi connectivity index (χ0v) is 15.3. The third-order valence-corrected chi connectivity index (χ3v) is 5.64. The fourth-order valence-corrected chi connectivity index (χ4v) is 3.90. The smallest absolute Gasteiger partial charge is 0.275 e. The highest BCUT2D eigenvalue weighted by Crippen LogP contribution is 2.22. The van der Waals surface area contributed by atoms with Gasteiger partial charge in [0.05, 0.1) is 5.39 Å². The SMILES string of the molecule is CC(C)N1CCN(C2CN(C(=O)c3n[nH]c(=O)c4ccccc34)C2)CC1. The summed E-state index contributed by atoms with van der Waals surface area (Å²) in [6.45, 7) is 10.2. The highest BCUT2D eigenvalue weighted by Gasteiger charge is 2.37. The van der Waals surface area contributed by atoms with Crippen LogP contribution in [-0.2, 0) is 0 Å². The number of rotatable bonds is 3. The van der Waals surface area contributed by atoms with E-state index < -0.39 is 0 Å². The predicted molar refractivity (Wildman–Crippen MR) is 100 cm³/mol. The molecule has 0 aliphatic carbocycles. The summed E-state index contributed by atoms with van der Waals surface area (Å²) in [5.41, 5.74) is 0.0740. The summed E-state index contributed by atoms with van der Waals surface area (Å²) in [5, 5.41) is 7.60. The molecule has 2 aliphatic rings. The maximum absolute atomic E-state index is 12.8. The first-order chi connectivity index (χ1) is 12.5. The maximum atomic E-state index is 12.8. The quantitative estimate of drug-likeness (QED) is 0.881. The van der Waals surface area contributed by atoms with Gasteiger partial charge in [0.25, 0.3) is 11.5 Å². The summed E-state index contributed by atoms with van der Waals surface area (Å²) in [6, 6.07) is 8.15. The number of carbonyl (C=O) groups excluding carboxylic acids is 1. The standard InChI is InChI=1S/C19H25N5O2/c1-13(2)22-7-9-23(10-8-22)14-11-24(12-14)19(26)17-15-5-3-4-6-16(15)18(25)21-20-17/h3-6,13-14H,7-12H2,1-2H3,(H,21,25). The van der Waals surface area contributed by atoms with Gasteiger partial charge in [-0.15, -0.1) is 0 Å². The molecule has 1 N–H and O–H groups in total. The Hall–Kier alpha value is -2.25. The molecule has 1 amide bonds. The molecule has 0 bridgehead atoms. The first-order valence-electron chi connectivity index (χ1n) is 9.29. The molecule has 2 saturated heterocycles. The van der Waals surface area contributed by atoms with E-state index >= 15 is 0 Å². The van der Waals surface area contributed by atoms with Crippen LogP contribution in [0.5, 0.6) is 0 Å². The van der Waals surface area contributed by atoms with Crippen LogP contribution in [0.4, 0.5) is 0 Å². The molecule has 0 radical (unpaired) electrons.